The molecule has 27 heteroatoms. The van der Waals surface area contributed by atoms with Crippen LogP contribution in [0.3, 0.4) is 0 Å². The van der Waals surface area contributed by atoms with Crippen LogP contribution in [0.25, 0.3) is 11.1 Å². The van der Waals surface area contributed by atoms with E-state index in [0.717, 1.165) is 0 Å². The molecule has 4 fully saturated rings. The fraction of sp³-hybridized carbons (Fsp3) is 0.574. The van der Waals surface area contributed by atoms with Gasteiger partial charge in [-0.05, 0) is 136 Å². The van der Waals surface area contributed by atoms with Gasteiger partial charge >= 0.3 is 60.3 Å². The Balaban J connectivity index is 0.00000104. The van der Waals surface area contributed by atoms with E-state index in [4.69, 9.17) is 50.8 Å². The molecule has 0 radical (unpaired) electrons. The average molecular weight is 1270 g/mol. The summed E-state index contributed by atoms with van der Waals surface area (Å²) < 4.78 is 72.1. The van der Waals surface area contributed by atoms with Gasteiger partial charge in [0.2, 0.25) is 45.5 Å². The highest BCUT2D eigenvalue weighted by molar-refractivity contribution is 7.48. The average Bonchev–Trinajstić information content (AvgIpc) is 2.05. The van der Waals surface area contributed by atoms with Gasteiger partial charge in [0, 0.05) is 52.9 Å². The highest BCUT2D eigenvalue weighted by Crippen LogP contribution is 2.51. The number of cyclic esters (lactones) is 4. The summed E-state index contributed by atoms with van der Waals surface area (Å²) in [6.07, 6.45) is 6.60. The zero-order valence-corrected chi connectivity index (χ0v) is 55.7. The molecule has 4 atom stereocenters. The van der Waals surface area contributed by atoms with E-state index in [0.29, 0.717) is 23.1 Å². The van der Waals surface area contributed by atoms with Crippen molar-refractivity contribution in [2.24, 2.45) is 17.8 Å². The number of hydrogen-bond acceptors (Lipinski definition) is 25. The lowest BCUT2D eigenvalue weighted by molar-refractivity contribution is -0.194. The van der Waals surface area contributed by atoms with E-state index in [1.54, 1.807) is 103 Å². The Morgan fingerprint density at radius 1 is 0.614 bits per heavy atom. The third-order valence-electron chi connectivity index (χ3n) is 11.6. The molecule has 1 amide bonds. The van der Waals surface area contributed by atoms with Crippen LogP contribution in [0.2, 0.25) is 0 Å². The highest BCUT2D eigenvalue weighted by atomic mass is 31.2. The van der Waals surface area contributed by atoms with Crippen LogP contribution >= 0.6 is 7.82 Å². The van der Waals surface area contributed by atoms with Gasteiger partial charge in [-0.15, -0.1) is 0 Å². The summed E-state index contributed by atoms with van der Waals surface area (Å²) in [4.78, 5) is 135. The number of amides is 1. The van der Waals surface area contributed by atoms with Crippen LogP contribution in [0.5, 0.6) is 0 Å². The number of phosphoric ester groups is 1. The number of allylic oxidation sites excluding steroid dienone is 6. The molecule has 0 bridgehead atoms. The predicted molar refractivity (Wildman–Crippen MR) is 317 cm³/mol. The van der Waals surface area contributed by atoms with Crippen molar-refractivity contribution in [1.29, 1.82) is 0 Å². The van der Waals surface area contributed by atoms with Crippen molar-refractivity contribution in [1.82, 2.24) is 5.32 Å². The third kappa shape index (κ3) is 23.7. The first kappa shape index (κ1) is 80.2. The number of ether oxygens (including phenoxy) is 7. The number of phosphoric acid groups is 1. The van der Waals surface area contributed by atoms with E-state index in [1.807, 2.05) is 27.7 Å². The van der Waals surface area contributed by atoms with Gasteiger partial charge in [-0.3, -0.25) is 37.8 Å². The fourth-order valence-corrected chi connectivity index (χ4v) is 8.45. The molecule has 88 heavy (non-hydrogen) atoms. The Labute approximate surface area is 512 Å². The normalized spacial score (nSPS) is 21.5. The molecule has 26 nitrogen and oxygen atoms in total. The Bertz CT molecular complexity index is 3160. The van der Waals surface area contributed by atoms with Crippen molar-refractivity contribution in [2.75, 3.05) is 13.2 Å². The van der Waals surface area contributed by atoms with E-state index >= 15 is 0 Å². The van der Waals surface area contributed by atoms with Crippen LogP contribution in [0, 0.1) is 17.8 Å². The zero-order valence-electron chi connectivity index (χ0n) is 54.8. The summed E-state index contributed by atoms with van der Waals surface area (Å²) in [5.41, 5.74) is 0.706. The second-order valence-corrected chi connectivity index (χ2v) is 22.9. The topological polar surface area (TPSA) is 353 Å². The molecular weight excluding hydrogens is 1180 g/mol. The highest BCUT2D eigenvalue weighted by Gasteiger charge is 2.53. The van der Waals surface area contributed by atoms with Crippen molar-refractivity contribution >= 4 is 77.7 Å². The number of carbonyl (C=O) groups excluding carboxylic acids is 10. The molecule has 4 unspecified atom stereocenters. The number of nitrogens with one attached hydrogen (secondary N) is 1. The van der Waals surface area contributed by atoms with Gasteiger partial charge in [0.1, 0.15) is 11.8 Å². The number of ketones is 5. The molecule has 4 saturated heterocycles. The molecule has 5 rings (SSSR count). The SMILES string of the molecule is C/C=C1\OC(=O)C(C)NC1=O.CC(=O)C1(C(C)C)OC(=O)C(=C(C)C)O1.CC(=O)C1(CC(C)C)OC(=O)/C(=C/C(C)C)O1.CC(C)=c1oc(=O)c(=C(C)C)oc1=O.CC=C(OP(=O)(OCC)OCC)C(C)=O.CCC1(C(C)=O)OC(=O)/C(=C/CC(C)=O)O1. The minimum absolute atomic E-state index is 0.0137. The predicted octanol–water partition coefficient (Wildman–Crippen LogP) is 7.95. The molecule has 0 aromatic carbocycles. The second-order valence-electron chi connectivity index (χ2n) is 21.3. The standard InChI is InChI=1S/C13H20O4.C11H14O5.C11H16O4.C10H12O4.C9H17O5P.C7H9NO3/c1-8(2)6-11-12(15)17-13(16-11,10(5)14)7-9(3)4;1-4-11(8(3)13)15-9(10(14)16-11)6-5-7(2)12;1-6(2)9-10(13)15-11(14-9,7(3)4)8(5)12;1-5(2)7-9(11)14-8(6(3)4)10(12)13-7;1-5-9(8(4)10)14-15(11,12-6-2)13-7-3;1-3-5-6(9)8-4(2)7(10)11-5/h6,8-9H,7H2,1-5H3;6H,4-5H2,1-3H3;7H,1-5H3;1-4H3;5H,6-7H2,1-4H3;3-4H,1-2H3,(H,8,9)/b11-6-;9-6-;;;;5-3-. The van der Waals surface area contributed by atoms with E-state index < -0.39 is 66.4 Å². The van der Waals surface area contributed by atoms with Gasteiger partial charge in [-0.1, -0.05) is 48.5 Å². The number of hydrogen-bond donors (Lipinski definition) is 1. The van der Waals surface area contributed by atoms with Gasteiger partial charge in [-0.25, -0.2) is 33.3 Å². The maximum atomic E-state index is 11.8. The largest absolute Gasteiger partial charge is 0.530 e. The van der Waals surface area contributed by atoms with Gasteiger partial charge in [0.05, 0.1) is 13.2 Å². The number of rotatable bonds is 17. The first-order valence-corrected chi connectivity index (χ1v) is 29.6. The third-order valence-corrected chi connectivity index (χ3v) is 13.2. The molecule has 492 valence electrons. The maximum absolute atomic E-state index is 11.8. The summed E-state index contributed by atoms with van der Waals surface area (Å²) >= 11 is 0. The molecule has 1 aromatic rings. The van der Waals surface area contributed by atoms with Gasteiger partial charge in [0.25, 0.3) is 5.91 Å². The van der Waals surface area contributed by atoms with Crippen LogP contribution in [0.4, 0.5) is 0 Å². The fourth-order valence-electron chi connectivity index (χ4n) is 7.16. The first-order chi connectivity index (χ1) is 40.5. The lowest BCUT2D eigenvalue weighted by atomic mass is 9.99. The number of carbonyl (C=O) groups is 10. The van der Waals surface area contributed by atoms with Gasteiger partial charge in [-0.2, -0.15) is 0 Å². The van der Waals surface area contributed by atoms with E-state index in [1.165, 1.54) is 52.8 Å². The maximum Gasteiger partial charge on any atom is 0.530 e. The summed E-state index contributed by atoms with van der Waals surface area (Å²) in [5.74, 6) is -7.78. The van der Waals surface area contributed by atoms with Crippen LogP contribution in [-0.2, 0) is 99.2 Å². The van der Waals surface area contributed by atoms with Crippen molar-refractivity contribution in [3.63, 3.8) is 0 Å². The van der Waals surface area contributed by atoms with E-state index in [2.05, 4.69) is 10.1 Å². The summed E-state index contributed by atoms with van der Waals surface area (Å²) in [5, 5.41) is 2.45. The summed E-state index contributed by atoms with van der Waals surface area (Å²) in [6, 6.07) is -0.536. The molecule has 4 aliphatic heterocycles. The van der Waals surface area contributed by atoms with Gasteiger partial charge in [0.15, 0.2) is 17.3 Å². The second kappa shape index (κ2) is 35.8. The van der Waals surface area contributed by atoms with Crippen LogP contribution < -0.4 is 27.4 Å². The van der Waals surface area contributed by atoms with Crippen LogP contribution in [0.15, 0.2) is 77.1 Å². The lowest BCUT2D eigenvalue weighted by Crippen LogP contribution is -2.46. The molecule has 5 heterocycles. The quantitative estimate of drug-likeness (QED) is 0.0508. The van der Waals surface area contributed by atoms with Crippen LogP contribution in [0.1, 0.15) is 179 Å². The van der Waals surface area contributed by atoms with Gasteiger partial charge < -0.3 is 51.8 Å². The molecule has 0 aliphatic carbocycles. The molecule has 0 spiro atoms. The molecular formula is C61H88NO25P. The number of morpholine rings is 1. The monoisotopic (exact) mass is 1270 g/mol. The molecule has 1 aromatic heterocycles. The Morgan fingerprint density at radius 3 is 1.42 bits per heavy atom. The van der Waals surface area contributed by atoms with Crippen molar-refractivity contribution in [3.8, 4) is 0 Å². The van der Waals surface area contributed by atoms with E-state index in [-0.39, 0.29) is 118 Å². The smallest absolute Gasteiger partial charge is 0.438 e. The minimum atomic E-state index is -3.64. The molecule has 0 saturated carbocycles. The minimum Gasteiger partial charge on any atom is -0.438 e. The lowest BCUT2D eigenvalue weighted by Gasteiger charge is -2.26. The number of Topliss-reactive ketones (excluding diaryl/α,β-unsaturated/α-hetero) is 5. The first-order valence-electron chi connectivity index (χ1n) is 28.2. The van der Waals surface area contributed by atoms with E-state index in [9.17, 15) is 62.1 Å². The Hall–Kier alpha value is -7.83. The summed E-state index contributed by atoms with van der Waals surface area (Å²) in [6.45, 7) is 38.5. The molecule has 4 aliphatic rings. The Morgan fingerprint density at radius 2 is 1.09 bits per heavy atom. The van der Waals surface area contributed by atoms with Crippen molar-refractivity contribution < 1.29 is 108 Å². The van der Waals surface area contributed by atoms with Crippen molar-refractivity contribution in [3.05, 3.63) is 90.3 Å². The summed E-state index contributed by atoms with van der Waals surface area (Å²) in [7, 11) is -3.64. The zero-order chi connectivity index (χ0) is 68.6. The van der Waals surface area contributed by atoms with Crippen LogP contribution in [-0.4, -0.2) is 95.3 Å². The Kier molecular flexibility index (Phi) is 32.7. The van der Waals surface area contributed by atoms with Crippen molar-refractivity contribution in [2.45, 2.75) is 202 Å². The number of esters is 4. The molecule has 1 N–H and O–H groups in total.